The molecule has 5 nitrogen and oxygen atoms in total. The van der Waals surface area contributed by atoms with E-state index in [2.05, 4.69) is 5.32 Å². The average molecular weight is 172 g/mol. The predicted octanol–water partition coefficient (Wildman–Crippen LogP) is -1.22. The molecule has 0 saturated heterocycles. The van der Waals surface area contributed by atoms with Crippen LogP contribution < -0.4 is 11.1 Å². The molecule has 12 heavy (non-hydrogen) atoms. The maximum Gasteiger partial charge on any atom is 0.307 e. The van der Waals surface area contributed by atoms with Crippen LogP contribution in [0.2, 0.25) is 0 Å². The fraction of sp³-hybridized carbons (Fsp3) is 0.714. The van der Waals surface area contributed by atoms with E-state index in [4.69, 9.17) is 10.8 Å². The molecule has 0 radical (unpaired) electrons. The topological polar surface area (TPSA) is 92.4 Å². The predicted molar refractivity (Wildman–Crippen MR) is 41.3 cm³/mol. The molecule has 5 heteroatoms. The van der Waals surface area contributed by atoms with Crippen molar-refractivity contribution in [3.8, 4) is 0 Å². The molecule has 0 aromatic carbocycles. The number of aliphatic carboxylic acids is 1. The Balaban J connectivity index is 2.24. The highest BCUT2D eigenvalue weighted by molar-refractivity contribution is 5.89. The fourth-order valence-corrected chi connectivity index (χ4v) is 1.08. The molecule has 0 heterocycles. The second-order valence-corrected chi connectivity index (χ2v) is 2.87. The van der Waals surface area contributed by atoms with Crippen molar-refractivity contribution in [1.29, 1.82) is 0 Å². The Hall–Kier alpha value is -1.10. The molecule has 0 bridgehead atoms. The summed E-state index contributed by atoms with van der Waals surface area (Å²) >= 11 is 0. The number of amides is 1. The first-order valence-electron chi connectivity index (χ1n) is 3.87. The number of carbonyl (C=O) groups is 2. The fourth-order valence-electron chi connectivity index (χ4n) is 1.08. The van der Waals surface area contributed by atoms with Crippen LogP contribution in [-0.2, 0) is 9.59 Å². The minimum Gasteiger partial charge on any atom is -0.481 e. The highest BCUT2D eigenvalue weighted by Gasteiger charge is 2.48. The van der Waals surface area contributed by atoms with E-state index in [9.17, 15) is 9.59 Å². The Morgan fingerprint density at radius 1 is 1.50 bits per heavy atom. The summed E-state index contributed by atoms with van der Waals surface area (Å²) in [6.45, 7) is 0.803. The monoisotopic (exact) mass is 172 g/mol. The standard InChI is InChI=1S/C7H12N2O3/c8-1-2-9-6(10)4-3-5(4)7(11)12/h4-5H,1-3,8H2,(H,9,10)(H,11,12). The van der Waals surface area contributed by atoms with Gasteiger partial charge in [0.05, 0.1) is 11.8 Å². The van der Waals surface area contributed by atoms with Crippen molar-refractivity contribution >= 4 is 11.9 Å². The molecular formula is C7H12N2O3. The van der Waals surface area contributed by atoms with Gasteiger partial charge in [0.25, 0.3) is 0 Å². The molecule has 68 valence electrons. The lowest BCUT2D eigenvalue weighted by atomic mass is 10.3. The molecule has 0 aromatic heterocycles. The third-order valence-electron chi connectivity index (χ3n) is 1.89. The van der Waals surface area contributed by atoms with Gasteiger partial charge >= 0.3 is 5.97 Å². The number of carbonyl (C=O) groups excluding carboxylic acids is 1. The number of carboxylic acid groups (broad SMARTS) is 1. The minimum atomic E-state index is -0.886. The van der Waals surface area contributed by atoms with Crippen molar-refractivity contribution in [2.75, 3.05) is 13.1 Å². The van der Waals surface area contributed by atoms with Crippen LogP contribution in [0, 0.1) is 11.8 Å². The van der Waals surface area contributed by atoms with Gasteiger partial charge in [-0.25, -0.2) is 0 Å². The molecular weight excluding hydrogens is 160 g/mol. The Morgan fingerprint density at radius 2 is 2.17 bits per heavy atom. The third-order valence-corrected chi connectivity index (χ3v) is 1.89. The Kier molecular flexibility index (Phi) is 2.65. The SMILES string of the molecule is NCCNC(=O)C1CC1C(=O)O. The van der Waals surface area contributed by atoms with Gasteiger partial charge in [0.1, 0.15) is 0 Å². The zero-order valence-corrected chi connectivity index (χ0v) is 6.62. The molecule has 1 fully saturated rings. The van der Waals surface area contributed by atoms with E-state index in [1.165, 1.54) is 0 Å². The molecule has 0 spiro atoms. The minimum absolute atomic E-state index is 0.187. The van der Waals surface area contributed by atoms with Gasteiger partial charge in [0.2, 0.25) is 5.91 Å². The van der Waals surface area contributed by atoms with E-state index in [0.717, 1.165) is 0 Å². The van der Waals surface area contributed by atoms with Crippen molar-refractivity contribution in [3.05, 3.63) is 0 Å². The van der Waals surface area contributed by atoms with Crippen molar-refractivity contribution in [3.63, 3.8) is 0 Å². The number of nitrogens with one attached hydrogen (secondary N) is 1. The first-order chi connectivity index (χ1) is 5.66. The van der Waals surface area contributed by atoms with E-state index in [0.29, 0.717) is 19.5 Å². The van der Waals surface area contributed by atoms with Gasteiger partial charge in [-0.1, -0.05) is 0 Å². The van der Waals surface area contributed by atoms with Crippen LogP contribution in [-0.4, -0.2) is 30.1 Å². The number of hydrogen-bond acceptors (Lipinski definition) is 3. The smallest absolute Gasteiger partial charge is 0.307 e. The highest BCUT2D eigenvalue weighted by Crippen LogP contribution is 2.38. The maximum absolute atomic E-state index is 11.0. The summed E-state index contributed by atoms with van der Waals surface area (Å²) in [6.07, 6.45) is 0.464. The van der Waals surface area contributed by atoms with Crippen LogP contribution in [0.5, 0.6) is 0 Å². The lowest BCUT2D eigenvalue weighted by Gasteiger charge is -2.00. The molecule has 1 rings (SSSR count). The van der Waals surface area contributed by atoms with Gasteiger partial charge in [-0.05, 0) is 6.42 Å². The van der Waals surface area contributed by atoms with Crippen molar-refractivity contribution in [1.82, 2.24) is 5.32 Å². The number of rotatable bonds is 4. The van der Waals surface area contributed by atoms with Gasteiger partial charge in [0.15, 0.2) is 0 Å². The summed E-state index contributed by atoms with van der Waals surface area (Å²) in [5.41, 5.74) is 5.16. The maximum atomic E-state index is 11.0. The average Bonchev–Trinajstić information content (AvgIpc) is 2.78. The Morgan fingerprint density at radius 3 is 2.58 bits per heavy atom. The normalized spacial score (nSPS) is 26.4. The molecule has 2 atom stereocenters. The molecule has 1 aliphatic rings. The van der Waals surface area contributed by atoms with Crippen LogP contribution in [0.15, 0.2) is 0 Å². The molecule has 2 unspecified atom stereocenters. The van der Waals surface area contributed by atoms with Gasteiger partial charge in [-0.2, -0.15) is 0 Å². The van der Waals surface area contributed by atoms with E-state index < -0.39 is 11.9 Å². The number of nitrogens with two attached hydrogens (primary N) is 1. The first kappa shape index (κ1) is 8.99. The second kappa shape index (κ2) is 3.53. The second-order valence-electron chi connectivity index (χ2n) is 2.87. The van der Waals surface area contributed by atoms with E-state index >= 15 is 0 Å². The van der Waals surface area contributed by atoms with Gasteiger partial charge in [0, 0.05) is 13.1 Å². The summed E-state index contributed by atoms with van der Waals surface area (Å²) < 4.78 is 0. The first-order valence-corrected chi connectivity index (χ1v) is 3.87. The summed E-state index contributed by atoms with van der Waals surface area (Å²) in [5, 5.41) is 11.0. The highest BCUT2D eigenvalue weighted by atomic mass is 16.4. The van der Waals surface area contributed by atoms with Gasteiger partial charge < -0.3 is 16.2 Å². The zero-order chi connectivity index (χ0) is 9.14. The van der Waals surface area contributed by atoms with Gasteiger partial charge in [-0.15, -0.1) is 0 Å². The van der Waals surface area contributed by atoms with E-state index in [1.807, 2.05) is 0 Å². The summed E-state index contributed by atoms with van der Waals surface area (Å²) in [6, 6.07) is 0. The molecule has 1 amide bonds. The van der Waals surface area contributed by atoms with Crippen LogP contribution >= 0.6 is 0 Å². The Bertz CT molecular complexity index is 205. The lowest BCUT2D eigenvalue weighted by molar-refractivity contribution is -0.140. The lowest BCUT2D eigenvalue weighted by Crippen LogP contribution is -2.31. The molecule has 0 aromatic rings. The van der Waals surface area contributed by atoms with Crippen LogP contribution in [0.1, 0.15) is 6.42 Å². The summed E-state index contributed by atoms with van der Waals surface area (Å²) in [5.74, 6) is -1.87. The Labute approximate surface area is 69.9 Å². The molecule has 0 aliphatic heterocycles. The van der Waals surface area contributed by atoms with Crippen molar-refractivity contribution in [2.24, 2.45) is 17.6 Å². The van der Waals surface area contributed by atoms with E-state index in [1.54, 1.807) is 0 Å². The summed E-state index contributed by atoms with van der Waals surface area (Å²) in [7, 11) is 0. The van der Waals surface area contributed by atoms with E-state index in [-0.39, 0.29) is 11.8 Å². The number of hydrogen-bond donors (Lipinski definition) is 3. The van der Waals surface area contributed by atoms with Crippen LogP contribution in [0.4, 0.5) is 0 Å². The van der Waals surface area contributed by atoms with Crippen LogP contribution in [0.25, 0.3) is 0 Å². The van der Waals surface area contributed by atoms with Gasteiger partial charge in [-0.3, -0.25) is 9.59 Å². The molecule has 1 aliphatic carbocycles. The third kappa shape index (κ3) is 1.94. The molecule has 4 N–H and O–H groups in total. The summed E-state index contributed by atoms with van der Waals surface area (Å²) in [4.78, 5) is 21.4. The molecule has 1 saturated carbocycles. The van der Waals surface area contributed by atoms with Crippen molar-refractivity contribution in [2.45, 2.75) is 6.42 Å². The zero-order valence-electron chi connectivity index (χ0n) is 6.62. The van der Waals surface area contributed by atoms with Crippen molar-refractivity contribution < 1.29 is 14.7 Å². The van der Waals surface area contributed by atoms with Crippen LogP contribution in [0.3, 0.4) is 0 Å². The largest absolute Gasteiger partial charge is 0.481 e. The number of carboxylic acids is 1. The quantitative estimate of drug-likeness (QED) is 0.495.